The minimum Gasteiger partial charge on any atom is -0.475 e. The van der Waals surface area contributed by atoms with Crippen molar-refractivity contribution >= 4 is 23.7 Å². The van der Waals surface area contributed by atoms with Gasteiger partial charge in [0.25, 0.3) is 0 Å². The number of likely N-dealkylation sites (tertiary alicyclic amines) is 2. The van der Waals surface area contributed by atoms with Crippen LogP contribution in [-0.2, 0) is 25.7 Å². The summed E-state index contributed by atoms with van der Waals surface area (Å²) in [5.74, 6) is -3.90. The van der Waals surface area contributed by atoms with Crippen molar-refractivity contribution in [1.82, 2.24) is 15.1 Å². The number of rotatable bonds is 3. The van der Waals surface area contributed by atoms with E-state index in [4.69, 9.17) is 14.3 Å². The molecule has 9 nitrogen and oxygen atoms in total. The van der Waals surface area contributed by atoms with Gasteiger partial charge in [-0.1, -0.05) is 30.3 Å². The minimum absolute atomic E-state index is 0.120. The molecule has 4 atom stereocenters. The van der Waals surface area contributed by atoms with Crippen LogP contribution < -0.4 is 5.32 Å². The highest BCUT2D eigenvalue weighted by Crippen LogP contribution is 2.51. The molecule has 4 heterocycles. The summed E-state index contributed by atoms with van der Waals surface area (Å²) in [6.45, 7) is 0.967. The Morgan fingerprint density at radius 1 is 1.14 bits per heavy atom. The zero-order valence-corrected chi connectivity index (χ0v) is 19.2. The van der Waals surface area contributed by atoms with Crippen molar-refractivity contribution in [2.75, 3.05) is 13.6 Å². The number of alkyl halides is 3. The molecule has 36 heavy (non-hydrogen) atoms. The summed E-state index contributed by atoms with van der Waals surface area (Å²) in [5.41, 5.74) is -0.139. The number of fused-ring (bicyclic) bond motifs is 2. The predicted octanol–water partition coefficient (Wildman–Crippen LogP) is 2.35. The number of carbonyl (C=O) groups is 4. The number of carboxylic acid groups (broad SMARTS) is 1. The van der Waals surface area contributed by atoms with Gasteiger partial charge in [0.05, 0.1) is 24.6 Å². The molecule has 0 aliphatic carbocycles. The molecule has 3 aliphatic heterocycles. The molecule has 192 valence electrons. The lowest BCUT2D eigenvalue weighted by molar-refractivity contribution is -0.192. The molecule has 1 aromatic carbocycles. The number of imide groups is 1. The highest BCUT2D eigenvalue weighted by atomic mass is 19.4. The van der Waals surface area contributed by atoms with Crippen molar-refractivity contribution in [3.63, 3.8) is 0 Å². The van der Waals surface area contributed by atoms with E-state index >= 15 is 0 Å². The van der Waals surface area contributed by atoms with Crippen LogP contribution in [0.3, 0.4) is 0 Å². The van der Waals surface area contributed by atoms with E-state index in [2.05, 4.69) is 5.32 Å². The smallest absolute Gasteiger partial charge is 0.475 e. The maximum atomic E-state index is 13.7. The van der Waals surface area contributed by atoms with Gasteiger partial charge < -0.3 is 14.4 Å². The third-order valence-corrected chi connectivity index (χ3v) is 6.87. The van der Waals surface area contributed by atoms with Gasteiger partial charge in [-0.05, 0) is 30.5 Å². The number of benzene rings is 1. The van der Waals surface area contributed by atoms with Crippen LogP contribution in [0.5, 0.6) is 0 Å². The molecule has 3 amide bonds. The molecule has 5 rings (SSSR count). The van der Waals surface area contributed by atoms with E-state index in [1.165, 1.54) is 11.9 Å². The SMILES string of the molecule is CN1C(=O)[C@H]2[C@@H](c3ccccc3)N[C@]3(CCCN(Cc4ccco4)C3=O)[C@H]2C1=O.O=C(O)C(F)(F)F. The summed E-state index contributed by atoms with van der Waals surface area (Å²) in [6, 6.07) is 12.9. The molecule has 0 bridgehead atoms. The van der Waals surface area contributed by atoms with Crippen LogP contribution in [0.4, 0.5) is 13.2 Å². The Hall–Kier alpha value is -3.67. The van der Waals surface area contributed by atoms with Crippen LogP contribution in [0, 0.1) is 11.8 Å². The minimum atomic E-state index is -5.08. The Morgan fingerprint density at radius 3 is 2.39 bits per heavy atom. The van der Waals surface area contributed by atoms with Gasteiger partial charge in [-0.3, -0.25) is 24.6 Å². The highest BCUT2D eigenvalue weighted by molar-refractivity contribution is 6.10. The number of halogens is 3. The predicted molar refractivity (Wildman–Crippen MR) is 117 cm³/mol. The molecule has 12 heteroatoms. The summed E-state index contributed by atoms with van der Waals surface area (Å²) in [4.78, 5) is 51.6. The Morgan fingerprint density at radius 2 is 1.81 bits per heavy atom. The number of aliphatic carboxylic acids is 1. The van der Waals surface area contributed by atoms with Gasteiger partial charge in [0.1, 0.15) is 11.3 Å². The van der Waals surface area contributed by atoms with E-state index in [1.807, 2.05) is 36.4 Å². The van der Waals surface area contributed by atoms with Crippen LogP contribution in [0.2, 0.25) is 0 Å². The lowest BCUT2D eigenvalue weighted by Crippen LogP contribution is -2.63. The Bertz CT molecular complexity index is 1150. The second-order valence-electron chi connectivity index (χ2n) is 8.96. The summed E-state index contributed by atoms with van der Waals surface area (Å²) in [7, 11) is 1.52. The first kappa shape index (κ1) is 25.4. The van der Waals surface area contributed by atoms with Gasteiger partial charge in [0.2, 0.25) is 17.7 Å². The molecule has 2 N–H and O–H groups in total. The van der Waals surface area contributed by atoms with E-state index in [0.29, 0.717) is 25.3 Å². The fraction of sp³-hybridized carbons (Fsp3) is 0.417. The average Bonchev–Trinajstić information content (AvgIpc) is 3.52. The monoisotopic (exact) mass is 507 g/mol. The van der Waals surface area contributed by atoms with E-state index in [1.54, 1.807) is 17.2 Å². The first-order valence-corrected chi connectivity index (χ1v) is 11.2. The molecule has 0 unspecified atom stereocenters. The van der Waals surface area contributed by atoms with Crippen molar-refractivity contribution in [3.8, 4) is 0 Å². The third kappa shape index (κ3) is 4.36. The van der Waals surface area contributed by atoms with E-state index in [9.17, 15) is 27.6 Å². The summed E-state index contributed by atoms with van der Waals surface area (Å²) >= 11 is 0. The van der Waals surface area contributed by atoms with Gasteiger partial charge in [0.15, 0.2) is 0 Å². The third-order valence-electron chi connectivity index (χ3n) is 6.87. The number of piperidine rings is 1. The van der Waals surface area contributed by atoms with Gasteiger partial charge in [-0.2, -0.15) is 13.2 Å². The summed E-state index contributed by atoms with van der Waals surface area (Å²) < 4.78 is 37.2. The van der Waals surface area contributed by atoms with Crippen LogP contribution in [0.1, 0.15) is 30.2 Å². The second-order valence-corrected chi connectivity index (χ2v) is 8.96. The molecule has 3 aliphatic rings. The first-order valence-electron chi connectivity index (χ1n) is 11.2. The van der Waals surface area contributed by atoms with Crippen molar-refractivity contribution in [1.29, 1.82) is 0 Å². The number of carboxylic acids is 1. The normalized spacial score (nSPS) is 27.8. The number of furan rings is 1. The van der Waals surface area contributed by atoms with Gasteiger partial charge >= 0.3 is 12.1 Å². The van der Waals surface area contributed by atoms with Gasteiger partial charge in [-0.25, -0.2) is 4.79 Å². The fourth-order valence-electron chi connectivity index (χ4n) is 5.30. The molecule has 3 saturated heterocycles. The number of amides is 3. The standard InChI is InChI=1S/C22H23N3O4.C2HF3O2/c1-24-19(26)16-17(20(24)27)22(23-18(16)14-7-3-2-4-8-14)10-6-11-25(21(22)28)13-15-9-5-12-29-15;3-2(4,5)1(6)7/h2-5,7-9,12,16-18,23H,6,10-11,13H2,1H3;(H,6,7)/t16-,17-,18-,22-;/m1./s1. The Balaban J connectivity index is 0.000000384. The second kappa shape index (κ2) is 9.41. The van der Waals surface area contributed by atoms with Crippen LogP contribution in [0.15, 0.2) is 53.1 Å². The number of hydrogen-bond donors (Lipinski definition) is 2. The largest absolute Gasteiger partial charge is 0.490 e. The first-order chi connectivity index (χ1) is 17.0. The van der Waals surface area contributed by atoms with Crippen LogP contribution >= 0.6 is 0 Å². The molecule has 1 aromatic heterocycles. The summed E-state index contributed by atoms with van der Waals surface area (Å²) in [6.07, 6.45) is -2.20. The highest BCUT2D eigenvalue weighted by Gasteiger charge is 2.68. The number of carbonyl (C=O) groups excluding carboxylic acids is 3. The maximum absolute atomic E-state index is 13.7. The number of nitrogens with zero attached hydrogens (tertiary/aromatic N) is 2. The van der Waals surface area contributed by atoms with Crippen molar-refractivity contribution in [2.24, 2.45) is 11.8 Å². The topological polar surface area (TPSA) is 120 Å². The Kier molecular flexibility index (Phi) is 6.65. The van der Waals surface area contributed by atoms with Crippen LogP contribution in [-0.4, -0.2) is 63.9 Å². The van der Waals surface area contributed by atoms with Crippen molar-refractivity contribution < 1.29 is 41.9 Å². The fourth-order valence-corrected chi connectivity index (χ4v) is 5.30. The summed E-state index contributed by atoms with van der Waals surface area (Å²) in [5, 5.41) is 10.6. The van der Waals surface area contributed by atoms with Crippen LogP contribution in [0.25, 0.3) is 0 Å². The average molecular weight is 507 g/mol. The maximum Gasteiger partial charge on any atom is 0.490 e. The van der Waals surface area contributed by atoms with E-state index in [0.717, 1.165) is 12.0 Å². The van der Waals surface area contributed by atoms with E-state index in [-0.39, 0.29) is 23.8 Å². The van der Waals surface area contributed by atoms with Crippen molar-refractivity contribution in [3.05, 3.63) is 60.1 Å². The molecule has 3 fully saturated rings. The van der Waals surface area contributed by atoms with Gasteiger partial charge in [-0.15, -0.1) is 0 Å². The molecule has 0 saturated carbocycles. The molecular weight excluding hydrogens is 483 g/mol. The lowest BCUT2D eigenvalue weighted by Gasteiger charge is -2.42. The zero-order valence-electron chi connectivity index (χ0n) is 19.2. The molecule has 2 aromatic rings. The quantitative estimate of drug-likeness (QED) is 0.612. The molecule has 0 radical (unpaired) electrons. The Labute approximate surface area is 203 Å². The number of nitrogens with one attached hydrogen (secondary N) is 1. The van der Waals surface area contributed by atoms with Crippen molar-refractivity contribution in [2.45, 2.75) is 37.1 Å². The number of hydrogen-bond acceptors (Lipinski definition) is 6. The lowest BCUT2D eigenvalue weighted by atomic mass is 9.74. The molecular formula is C24H24F3N3O6. The van der Waals surface area contributed by atoms with Gasteiger partial charge in [0, 0.05) is 19.6 Å². The molecule has 1 spiro atoms. The zero-order chi connectivity index (χ0) is 26.3. The van der Waals surface area contributed by atoms with E-state index < -0.39 is 29.5 Å².